The molecular weight excluding hydrogens is 455 g/mol. The Labute approximate surface area is 198 Å². The topological polar surface area (TPSA) is 47.9 Å². The van der Waals surface area contributed by atoms with E-state index < -0.39 is 0 Å². The summed E-state index contributed by atoms with van der Waals surface area (Å²) in [7, 11) is 0. The van der Waals surface area contributed by atoms with Crippen LogP contribution in [0, 0.1) is 0 Å². The highest BCUT2D eigenvalue weighted by Crippen LogP contribution is 2.39. The molecule has 0 aromatic heterocycles. The van der Waals surface area contributed by atoms with Crippen LogP contribution in [-0.2, 0) is 4.79 Å². The summed E-state index contributed by atoms with van der Waals surface area (Å²) in [6, 6.07) is 12.7. The van der Waals surface area contributed by atoms with Gasteiger partial charge < -0.3 is 0 Å². The number of amides is 1. The van der Waals surface area contributed by atoms with E-state index in [1.165, 1.54) is 0 Å². The van der Waals surface area contributed by atoms with Gasteiger partial charge >= 0.3 is 0 Å². The quantitative estimate of drug-likeness (QED) is 0.328. The number of rotatable bonds is 9. The first-order chi connectivity index (χ1) is 14.9. The van der Waals surface area contributed by atoms with E-state index in [-0.39, 0.29) is 11.9 Å². The Morgan fingerprint density at radius 2 is 1.81 bits per heavy atom. The number of hydrazone groups is 1. The maximum atomic E-state index is 13.0. The van der Waals surface area contributed by atoms with Crippen LogP contribution in [0.25, 0.3) is 0 Å². The fraction of sp³-hybridized carbons (Fsp3) is 0.391. The predicted molar refractivity (Wildman–Crippen MR) is 130 cm³/mol. The van der Waals surface area contributed by atoms with Crippen LogP contribution in [0.5, 0.6) is 0 Å². The number of nitrogens with one attached hydrogen (secondary N) is 1. The minimum Gasteiger partial charge on any atom is -0.284 e. The molecule has 0 bridgehead atoms. The first kappa shape index (κ1) is 23.9. The normalized spacial score (nSPS) is 16.0. The number of carbonyl (C=O) groups is 1. The Morgan fingerprint density at radius 1 is 1.10 bits per heavy atom. The number of unbranched alkanes of at least 4 members (excludes halogenated alkanes) is 2. The van der Waals surface area contributed by atoms with Crippen LogP contribution in [0.15, 0.2) is 47.6 Å². The van der Waals surface area contributed by atoms with Gasteiger partial charge in [-0.25, -0.2) is 5.01 Å². The lowest BCUT2D eigenvalue weighted by Crippen LogP contribution is -2.45. The second kappa shape index (κ2) is 11.2. The van der Waals surface area contributed by atoms with Crippen LogP contribution < -0.4 is 10.4 Å². The highest BCUT2D eigenvalue weighted by Gasteiger charge is 2.33. The second-order valence-corrected chi connectivity index (χ2v) is 8.77. The van der Waals surface area contributed by atoms with Crippen molar-refractivity contribution in [2.75, 3.05) is 18.1 Å². The van der Waals surface area contributed by atoms with Crippen LogP contribution in [-0.4, -0.2) is 29.7 Å². The summed E-state index contributed by atoms with van der Waals surface area (Å²) in [4.78, 5) is 13.0. The minimum atomic E-state index is -0.190. The van der Waals surface area contributed by atoms with Crippen molar-refractivity contribution in [1.29, 1.82) is 0 Å². The summed E-state index contributed by atoms with van der Waals surface area (Å²) in [5.74, 6) is -0.190. The monoisotopic (exact) mass is 480 g/mol. The molecule has 1 aliphatic rings. The molecule has 1 N–H and O–H groups in total. The molecule has 1 heterocycles. The van der Waals surface area contributed by atoms with Crippen molar-refractivity contribution in [3.05, 3.63) is 63.1 Å². The van der Waals surface area contributed by atoms with Gasteiger partial charge in [0.25, 0.3) is 5.91 Å². The van der Waals surface area contributed by atoms with Crippen LogP contribution >= 0.6 is 34.8 Å². The number of halogens is 3. The molecule has 0 aliphatic carbocycles. The largest absolute Gasteiger partial charge is 0.284 e. The van der Waals surface area contributed by atoms with Crippen molar-refractivity contribution in [3.8, 4) is 0 Å². The number of anilines is 1. The number of benzene rings is 2. The Kier molecular flexibility index (Phi) is 8.61. The molecule has 2 aromatic carbocycles. The number of carbonyl (C=O) groups excluding carboxylic acids is 1. The third kappa shape index (κ3) is 6.13. The first-order valence-electron chi connectivity index (χ1n) is 10.6. The van der Waals surface area contributed by atoms with Crippen molar-refractivity contribution in [2.45, 2.75) is 45.6 Å². The fourth-order valence-electron chi connectivity index (χ4n) is 3.53. The van der Waals surface area contributed by atoms with Crippen molar-refractivity contribution in [3.63, 3.8) is 0 Å². The number of hydrogen-bond acceptors (Lipinski definition) is 4. The number of hydrazine groups is 1. The van der Waals surface area contributed by atoms with Crippen LogP contribution in [0.3, 0.4) is 0 Å². The highest BCUT2D eigenvalue weighted by molar-refractivity contribution is 6.40. The van der Waals surface area contributed by atoms with Gasteiger partial charge in [-0.1, -0.05) is 73.6 Å². The van der Waals surface area contributed by atoms with Gasteiger partial charge in [0.05, 0.1) is 16.8 Å². The zero-order valence-electron chi connectivity index (χ0n) is 17.7. The highest BCUT2D eigenvalue weighted by atomic mass is 35.5. The summed E-state index contributed by atoms with van der Waals surface area (Å²) in [5, 5.41) is 10.1. The molecule has 0 saturated carbocycles. The van der Waals surface area contributed by atoms with E-state index in [4.69, 9.17) is 34.8 Å². The summed E-state index contributed by atoms with van der Waals surface area (Å²) >= 11 is 18.6. The van der Waals surface area contributed by atoms with Gasteiger partial charge in [0.1, 0.15) is 5.71 Å². The molecule has 0 spiro atoms. The van der Waals surface area contributed by atoms with Gasteiger partial charge in [-0.2, -0.15) is 5.10 Å². The van der Waals surface area contributed by atoms with Crippen molar-refractivity contribution < 1.29 is 4.79 Å². The number of nitrogens with zero attached hydrogens (tertiary/aromatic N) is 3. The van der Waals surface area contributed by atoms with E-state index >= 15 is 0 Å². The zero-order chi connectivity index (χ0) is 22.4. The van der Waals surface area contributed by atoms with Gasteiger partial charge in [0.2, 0.25) is 0 Å². The van der Waals surface area contributed by atoms with E-state index in [1.54, 1.807) is 17.1 Å². The fourth-order valence-corrected chi connectivity index (χ4v) is 4.16. The molecule has 5 nitrogen and oxygen atoms in total. The van der Waals surface area contributed by atoms with Gasteiger partial charge in [-0.05, 0) is 42.3 Å². The average molecular weight is 482 g/mol. The third-order valence-corrected chi connectivity index (χ3v) is 6.05. The van der Waals surface area contributed by atoms with Crippen molar-refractivity contribution in [1.82, 2.24) is 10.4 Å². The molecule has 1 aliphatic heterocycles. The molecule has 2 aromatic rings. The predicted octanol–water partition coefficient (Wildman–Crippen LogP) is 6.50. The summed E-state index contributed by atoms with van der Waals surface area (Å²) in [6.45, 7) is 5.74. The molecule has 1 amide bonds. The molecule has 8 heteroatoms. The molecule has 0 saturated heterocycles. The van der Waals surface area contributed by atoms with Gasteiger partial charge in [0, 0.05) is 29.6 Å². The summed E-state index contributed by atoms with van der Waals surface area (Å²) in [6.07, 6.45) is 3.77. The Bertz CT molecular complexity index is 933. The Hall–Kier alpha value is -1.79. The molecule has 1 atom stereocenters. The van der Waals surface area contributed by atoms with Crippen molar-refractivity contribution >= 4 is 52.1 Å². The van der Waals surface area contributed by atoms with Gasteiger partial charge in [-0.3, -0.25) is 15.2 Å². The standard InChI is InChI=1S/C23H27Cl3N4O/c1-3-5-6-13-29(4-2)28-23(31)20-15-22(16-7-9-17(24)10-8-16)30(27-20)21-12-11-18(25)14-19(21)26/h7-12,14,22H,3-6,13,15H2,1-2H3,(H,28,31). The molecule has 0 fully saturated rings. The minimum absolute atomic E-state index is 0.174. The molecule has 0 radical (unpaired) electrons. The molecule has 3 rings (SSSR count). The maximum Gasteiger partial charge on any atom is 0.281 e. The van der Waals surface area contributed by atoms with Gasteiger partial charge in [-0.15, -0.1) is 0 Å². The van der Waals surface area contributed by atoms with Crippen LogP contribution in [0.2, 0.25) is 15.1 Å². The van der Waals surface area contributed by atoms with Gasteiger partial charge in [0.15, 0.2) is 0 Å². The third-order valence-electron chi connectivity index (χ3n) is 5.26. The van der Waals surface area contributed by atoms with E-state index in [2.05, 4.69) is 17.5 Å². The van der Waals surface area contributed by atoms with E-state index in [0.29, 0.717) is 32.9 Å². The lowest BCUT2D eigenvalue weighted by molar-refractivity contribution is -0.119. The molecule has 166 valence electrons. The maximum absolute atomic E-state index is 13.0. The van der Waals surface area contributed by atoms with E-state index in [1.807, 2.05) is 42.3 Å². The Balaban J connectivity index is 1.85. The summed E-state index contributed by atoms with van der Waals surface area (Å²) in [5.41, 5.74) is 5.16. The smallest absolute Gasteiger partial charge is 0.281 e. The lowest BCUT2D eigenvalue weighted by atomic mass is 10.0. The molecule has 31 heavy (non-hydrogen) atoms. The SMILES string of the molecule is CCCCCN(CC)NC(=O)C1=NN(c2ccc(Cl)cc2Cl)C(c2ccc(Cl)cc2)C1. The van der Waals surface area contributed by atoms with Crippen molar-refractivity contribution in [2.24, 2.45) is 5.10 Å². The number of hydrogen-bond donors (Lipinski definition) is 1. The Morgan fingerprint density at radius 3 is 2.45 bits per heavy atom. The molecular formula is C23H27Cl3N4O. The van der Waals surface area contributed by atoms with Crippen LogP contribution in [0.4, 0.5) is 5.69 Å². The van der Waals surface area contributed by atoms with Crippen LogP contribution in [0.1, 0.15) is 51.1 Å². The lowest BCUT2D eigenvalue weighted by Gasteiger charge is -2.25. The second-order valence-electron chi connectivity index (χ2n) is 7.49. The zero-order valence-corrected chi connectivity index (χ0v) is 20.0. The first-order valence-corrected chi connectivity index (χ1v) is 11.7. The average Bonchev–Trinajstić information content (AvgIpc) is 3.19. The van der Waals surface area contributed by atoms with E-state index in [9.17, 15) is 4.79 Å². The summed E-state index contributed by atoms with van der Waals surface area (Å²) < 4.78 is 0. The van der Waals surface area contributed by atoms with E-state index in [0.717, 1.165) is 37.9 Å². The molecule has 1 unspecified atom stereocenters.